The quantitative estimate of drug-likeness (QED) is 0.766. The summed E-state index contributed by atoms with van der Waals surface area (Å²) >= 11 is 0. The van der Waals surface area contributed by atoms with Crippen molar-refractivity contribution >= 4 is 0 Å². The molecule has 1 N–H and O–H groups in total. The maximum absolute atomic E-state index is 9.91. The highest BCUT2D eigenvalue weighted by molar-refractivity contribution is 5.37. The first-order chi connectivity index (χ1) is 7.16. The first kappa shape index (κ1) is 10.2. The molecule has 2 nitrogen and oxygen atoms in total. The molecule has 0 spiro atoms. The van der Waals surface area contributed by atoms with Gasteiger partial charge in [0, 0.05) is 6.42 Å². The Kier molecular flexibility index (Phi) is 2.78. The van der Waals surface area contributed by atoms with Crippen LogP contribution in [0.3, 0.4) is 0 Å². The van der Waals surface area contributed by atoms with Gasteiger partial charge >= 0.3 is 0 Å². The molecule has 1 aromatic carbocycles. The molecule has 0 saturated heterocycles. The fourth-order valence-corrected chi connectivity index (χ4v) is 1.91. The molecule has 0 radical (unpaired) electrons. The normalized spacial score (nSPS) is 20.5. The van der Waals surface area contributed by atoms with E-state index in [1.165, 1.54) is 5.56 Å². The van der Waals surface area contributed by atoms with Crippen molar-refractivity contribution in [1.29, 1.82) is 0 Å². The van der Waals surface area contributed by atoms with E-state index in [2.05, 4.69) is 6.58 Å². The largest absolute Gasteiger partial charge is 0.487 e. The SMILES string of the molecule is C=C(C)CC(O)C1Cc2ccccc2O1. The van der Waals surface area contributed by atoms with Crippen LogP contribution in [0, 0.1) is 0 Å². The Morgan fingerprint density at radius 3 is 3.00 bits per heavy atom. The molecule has 0 amide bonds. The Morgan fingerprint density at radius 1 is 1.60 bits per heavy atom. The van der Waals surface area contributed by atoms with Gasteiger partial charge in [0.1, 0.15) is 11.9 Å². The number of rotatable bonds is 3. The third kappa shape index (κ3) is 2.21. The zero-order valence-corrected chi connectivity index (χ0v) is 8.94. The van der Waals surface area contributed by atoms with Crippen molar-refractivity contribution in [1.82, 2.24) is 0 Å². The molecule has 2 atom stereocenters. The van der Waals surface area contributed by atoms with Crippen LogP contribution >= 0.6 is 0 Å². The zero-order chi connectivity index (χ0) is 10.8. The highest BCUT2D eigenvalue weighted by Gasteiger charge is 2.28. The second kappa shape index (κ2) is 4.07. The third-order valence-electron chi connectivity index (χ3n) is 2.66. The van der Waals surface area contributed by atoms with E-state index in [1.807, 2.05) is 31.2 Å². The summed E-state index contributed by atoms with van der Waals surface area (Å²) in [5.74, 6) is 0.906. The molecule has 1 heterocycles. The summed E-state index contributed by atoms with van der Waals surface area (Å²) in [7, 11) is 0. The number of para-hydroxylation sites is 1. The lowest BCUT2D eigenvalue weighted by Gasteiger charge is -2.17. The van der Waals surface area contributed by atoms with Crippen LogP contribution in [0.15, 0.2) is 36.4 Å². The number of hydrogen-bond acceptors (Lipinski definition) is 2. The van der Waals surface area contributed by atoms with Gasteiger partial charge < -0.3 is 9.84 Å². The van der Waals surface area contributed by atoms with E-state index in [0.29, 0.717) is 6.42 Å². The maximum Gasteiger partial charge on any atom is 0.129 e. The number of aliphatic hydroxyl groups is 1. The molecule has 0 aliphatic carbocycles. The van der Waals surface area contributed by atoms with Gasteiger partial charge in [0.25, 0.3) is 0 Å². The predicted octanol–water partition coefficient (Wildman–Crippen LogP) is 2.32. The highest BCUT2D eigenvalue weighted by Crippen LogP contribution is 2.30. The lowest BCUT2D eigenvalue weighted by Crippen LogP contribution is -2.30. The van der Waals surface area contributed by atoms with Crippen molar-refractivity contribution in [2.75, 3.05) is 0 Å². The second-order valence-corrected chi connectivity index (χ2v) is 4.20. The first-order valence-corrected chi connectivity index (χ1v) is 5.24. The smallest absolute Gasteiger partial charge is 0.129 e. The summed E-state index contributed by atoms with van der Waals surface area (Å²) in [5.41, 5.74) is 2.17. The van der Waals surface area contributed by atoms with Crippen molar-refractivity contribution in [3.05, 3.63) is 42.0 Å². The Labute approximate surface area is 90.2 Å². The average Bonchev–Trinajstić information content (AvgIpc) is 2.59. The minimum Gasteiger partial charge on any atom is -0.487 e. The van der Waals surface area contributed by atoms with Crippen molar-refractivity contribution in [2.24, 2.45) is 0 Å². The fraction of sp³-hybridized carbons (Fsp3) is 0.385. The Balaban J connectivity index is 2.03. The van der Waals surface area contributed by atoms with Gasteiger partial charge in [-0.15, -0.1) is 6.58 Å². The number of benzene rings is 1. The third-order valence-corrected chi connectivity index (χ3v) is 2.66. The summed E-state index contributed by atoms with van der Waals surface area (Å²) in [6.45, 7) is 5.72. The molecule has 0 saturated carbocycles. The van der Waals surface area contributed by atoms with E-state index in [0.717, 1.165) is 17.7 Å². The molecule has 2 heteroatoms. The first-order valence-electron chi connectivity index (χ1n) is 5.24. The van der Waals surface area contributed by atoms with Gasteiger partial charge in [-0.05, 0) is 25.0 Å². The minimum absolute atomic E-state index is 0.112. The summed E-state index contributed by atoms with van der Waals surface area (Å²) in [5, 5.41) is 9.91. The summed E-state index contributed by atoms with van der Waals surface area (Å²) < 4.78 is 5.68. The fourth-order valence-electron chi connectivity index (χ4n) is 1.91. The number of aliphatic hydroxyl groups excluding tert-OH is 1. The summed E-state index contributed by atoms with van der Waals surface area (Å²) in [6.07, 6.45) is 0.845. The van der Waals surface area contributed by atoms with Gasteiger partial charge in [-0.25, -0.2) is 0 Å². The lowest BCUT2D eigenvalue weighted by atomic mass is 10.0. The van der Waals surface area contributed by atoms with Crippen LogP contribution in [-0.4, -0.2) is 17.3 Å². The van der Waals surface area contributed by atoms with Gasteiger partial charge in [0.2, 0.25) is 0 Å². The molecule has 0 bridgehead atoms. The monoisotopic (exact) mass is 204 g/mol. The number of fused-ring (bicyclic) bond motifs is 1. The highest BCUT2D eigenvalue weighted by atomic mass is 16.5. The van der Waals surface area contributed by atoms with Crippen LogP contribution in [0.1, 0.15) is 18.9 Å². The molecule has 15 heavy (non-hydrogen) atoms. The van der Waals surface area contributed by atoms with Crippen LogP contribution in [0.4, 0.5) is 0 Å². The maximum atomic E-state index is 9.91. The molecule has 1 aliphatic heterocycles. The lowest BCUT2D eigenvalue weighted by molar-refractivity contribution is 0.0504. The van der Waals surface area contributed by atoms with E-state index in [-0.39, 0.29) is 6.10 Å². The van der Waals surface area contributed by atoms with Crippen molar-refractivity contribution < 1.29 is 9.84 Å². The van der Waals surface area contributed by atoms with E-state index >= 15 is 0 Å². The van der Waals surface area contributed by atoms with Crippen molar-refractivity contribution in [3.63, 3.8) is 0 Å². The van der Waals surface area contributed by atoms with Gasteiger partial charge in [-0.2, -0.15) is 0 Å². The molecule has 80 valence electrons. The predicted molar refractivity (Wildman–Crippen MR) is 60.0 cm³/mol. The Bertz CT molecular complexity index is 346. The molecule has 1 aromatic rings. The van der Waals surface area contributed by atoms with Crippen LogP contribution in [0.25, 0.3) is 0 Å². The topological polar surface area (TPSA) is 29.5 Å². The standard InChI is InChI=1S/C13H16O2/c1-9(2)7-11(14)13-8-10-5-3-4-6-12(10)15-13/h3-6,11,13-14H,1,7-8H2,2H3. The van der Waals surface area contributed by atoms with E-state index in [1.54, 1.807) is 0 Å². The number of ether oxygens (including phenoxy) is 1. The van der Waals surface area contributed by atoms with Crippen LogP contribution in [0.5, 0.6) is 5.75 Å². The van der Waals surface area contributed by atoms with Gasteiger partial charge in [0.15, 0.2) is 0 Å². The Hall–Kier alpha value is -1.28. The van der Waals surface area contributed by atoms with E-state index in [9.17, 15) is 5.11 Å². The van der Waals surface area contributed by atoms with Crippen molar-refractivity contribution in [2.45, 2.75) is 32.0 Å². The Morgan fingerprint density at radius 2 is 2.33 bits per heavy atom. The molecule has 2 unspecified atom stereocenters. The molecule has 1 aliphatic rings. The summed E-state index contributed by atoms with van der Waals surface area (Å²) in [4.78, 5) is 0. The van der Waals surface area contributed by atoms with Crippen LogP contribution < -0.4 is 4.74 Å². The molecular formula is C13H16O2. The van der Waals surface area contributed by atoms with Gasteiger partial charge in [-0.1, -0.05) is 23.8 Å². The molecule has 0 aromatic heterocycles. The average molecular weight is 204 g/mol. The molecule has 2 rings (SSSR count). The van der Waals surface area contributed by atoms with Crippen molar-refractivity contribution in [3.8, 4) is 5.75 Å². The molecular weight excluding hydrogens is 188 g/mol. The summed E-state index contributed by atoms with van der Waals surface area (Å²) in [6, 6.07) is 7.94. The molecule has 0 fully saturated rings. The minimum atomic E-state index is -0.449. The van der Waals surface area contributed by atoms with E-state index < -0.39 is 6.10 Å². The second-order valence-electron chi connectivity index (χ2n) is 4.20. The van der Waals surface area contributed by atoms with Crippen LogP contribution in [-0.2, 0) is 6.42 Å². The van der Waals surface area contributed by atoms with Gasteiger partial charge in [-0.3, -0.25) is 0 Å². The van der Waals surface area contributed by atoms with Crippen LogP contribution in [0.2, 0.25) is 0 Å². The zero-order valence-electron chi connectivity index (χ0n) is 8.94. The number of hydrogen-bond donors (Lipinski definition) is 1. The van der Waals surface area contributed by atoms with Gasteiger partial charge in [0.05, 0.1) is 6.10 Å². The van der Waals surface area contributed by atoms with E-state index in [4.69, 9.17) is 4.74 Å².